The summed E-state index contributed by atoms with van der Waals surface area (Å²) in [6, 6.07) is 27.7. The van der Waals surface area contributed by atoms with E-state index >= 15 is 0 Å². The van der Waals surface area contributed by atoms with Crippen molar-refractivity contribution in [2.24, 2.45) is 0 Å². The standard InChI is InChI=1S/C21H14IN/c22-19-10-2-7-17(14-19)16-6-1-8-18(13-16)20-11-3-5-15-9-4-12-23-21(15)20/h1-14H. The molecule has 4 aromatic rings. The monoisotopic (exact) mass is 407 g/mol. The van der Waals surface area contributed by atoms with Gasteiger partial charge in [0.25, 0.3) is 0 Å². The zero-order valence-corrected chi connectivity index (χ0v) is 14.6. The molecule has 23 heavy (non-hydrogen) atoms. The van der Waals surface area contributed by atoms with Crippen LogP contribution < -0.4 is 0 Å². The van der Waals surface area contributed by atoms with Crippen LogP contribution in [-0.4, -0.2) is 4.98 Å². The Morgan fingerprint density at radius 1 is 0.652 bits per heavy atom. The molecule has 1 aromatic heterocycles. The van der Waals surface area contributed by atoms with Gasteiger partial charge in [-0.05, 0) is 63.5 Å². The maximum Gasteiger partial charge on any atom is 0.0780 e. The van der Waals surface area contributed by atoms with E-state index in [4.69, 9.17) is 0 Å². The van der Waals surface area contributed by atoms with Crippen LogP contribution in [0.2, 0.25) is 0 Å². The highest BCUT2D eigenvalue weighted by molar-refractivity contribution is 14.1. The van der Waals surface area contributed by atoms with Crippen LogP contribution >= 0.6 is 22.6 Å². The fourth-order valence-corrected chi connectivity index (χ4v) is 3.41. The molecule has 0 aliphatic carbocycles. The highest BCUT2D eigenvalue weighted by Gasteiger charge is 2.06. The Labute approximate surface area is 149 Å². The lowest BCUT2D eigenvalue weighted by Gasteiger charge is -2.09. The molecule has 0 saturated heterocycles. The van der Waals surface area contributed by atoms with Crippen molar-refractivity contribution in [1.82, 2.24) is 4.98 Å². The Balaban J connectivity index is 1.88. The van der Waals surface area contributed by atoms with Crippen molar-refractivity contribution in [1.29, 1.82) is 0 Å². The molecule has 0 radical (unpaired) electrons. The molecule has 0 aliphatic rings. The number of nitrogens with zero attached hydrogens (tertiary/aromatic N) is 1. The van der Waals surface area contributed by atoms with Crippen LogP contribution in [0.3, 0.4) is 0 Å². The van der Waals surface area contributed by atoms with Gasteiger partial charge in [-0.3, -0.25) is 4.98 Å². The molecule has 1 heterocycles. The maximum absolute atomic E-state index is 4.57. The third-order valence-corrected chi connectivity index (χ3v) is 4.64. The van der Waals surface area contributed by atoms with Crippen molar-refractivity contribution < 1.29 is 0 Å². The van der Waals surface area contributed by atoms with Crippen molar-refractivity contribution in [2.45, 2.75) is 0 Å². The first-order valence-corrected chi connectivity index (χ1v) is 8.59. The number of hydrogen-bond acceptors (Lipinski definition) is 1. The van der Waals surface area contributed by atoms with Gasteiger partial charge < -0.3 is 0 Å². The largest absolute Gasteiger partial charge is 0.256 e. The van der Waals surface area contributed by atoms with Gasteiger partial charge in [-0.2, -0.15) is 0 Å². The number of halogens is 1. The molecular formula is C21H14IN. The predicted octanol–water partition coefficient (Wildman–Crippen LogP) is 6.17. The molecule has 0 spiro atoms. The van der Waals surface area contributed by atoms with E-state index in [1.165, 1.54) is 31.2 Å². The quantitative estimate of drug-likeness (QED) is 0.362. The van der Waals surface area contributed by atoms with E-state index in [2.05, 4.69) is 100 Å². The molecule has 0 aliphatic heterocycles. The fraction of sp³-hybridized carbons (Fsp3) is 0. The van der Waals surface area contributed by atoms with Crippen LogP contribution in [0.4, 0.5) is 0 Å². The number of fused-ring (bicyclic) bond motifs is 1. The third kappa shape index (κ3) is 2.86. The van der Waals surface area contributed by atoms with Crippen molar-refractivity contribution in [3.8, 4) is 22.3 Å². The van der Waals surface area contributed by atoms with Crippen LogP contribution in [0.1, 0.15) is 0 Å². The molecule has 0 N–H and O–H groups in total. The molecule has 0 atom stereocenters. The van der Waals surface area contributed by atoms with Crippen LogP contribution in [0.5, 0.6) is 0 Å². The summed E-state index contributed by atoms with van der Waals surface area (Å²) in [5, 5.41) is 1.17. The summed E-state index contributed by atoms with van der Waals surface area (Å²) >= 11 is 2.35. The van der Waals surface area contributed by atoms with E-state index in [9.17, 15) is 0 Å². The van der Waals surface area contributed by atoms with Crippen molar-refractivity contribution in [3.63, 3.8) is 0 Å². The normalized spacial score (nSPS) is 10.8. The molecule has 0 fully saturated rings. The zero-order chi connectivity index (χ0) is 15.6. The molecule has 4 rings (SSSR count). The molecular weight excluding hydrogens is 393 g/mol. The second-order valence-corrected chi connectivity index (χ2v) is 6.72. The lowest BCUT2D eigenvalue weighted by atomic mass is 9.97. The number of aromatic nitrogens is 1. The van der Waals surface area contributed by atoms with Crippen molar-refractivity contribution in [3.05, 3.63) is 88.6 Å². The lowest BCUT2D eigenvalue weighted by molar-refractivity contribution is 1.41. The van der Waals surface area contributed by atoms with Gasteiger partial charge in [0.1, 0.15) is 0 Å². The summed E-state index contributed by atoms with van der Waals surface area (Å²) < 4.78 is 1.25. The molecule has 3 aromatic carbocycles. The van der Waals surface area contributed by atoms with Gasteiger partial charge >= 0.3 is 0 Å². The molecule has 2 heteroatoms. The molecule has 0 saturated carbocycles. The number of pyridine rings is 1. The van der Waals surface area contributed by atoms with E-state index in [0.29, 0.717) is 0 Å². The van der Waals surface area contributed by atoms with Gasteiger partial charge in [0.05, 0.1) is 5.52 Å². The van der Waals surface area contributed by atoms with Gasteiger partial charge in [-0.15, -0.1) is 0 Å². The second kappa shape index (κ2) is 6.13. The zero-order valence-electron chi connectivity index (χ0n) is 12.4. The average Bonchev–Trinajstić information content (AvgIpc) is 2.61. The fourth-order valence-electron chi connectivity index (χ4n) is 2.87. The van der Waals surface area contributed by atoms with Gasteiger partial charge in [0, 0.05) is 20.7 Å². The minimum absolute atomic E-state index is 1.05. The minimum atomic E-state index is 1.05. The van der Waals surface area contributed by atoms with Crippen LogP contribution in [0.15, 0.2) is 85.1 Å². The summed E-state index contributed by atoms with van der Waals surface area (Å²) in [5.41, 5.74) is 5.90. The summed E-state index contributed by atoms with van der Waals surface area (Å²) in [4.78, 5) is 4.57. The van der Waals surface area contributed by atoms with E-state index < -0.39 is 0 Å². The maximum atomic E-state index is 4.57. The van der Waals surface area contributed by atoms with Crippen LogP contribution in [0.25, 0.3) is 33.2 Å². The average molecular weight is 407 g/mol. The Morgan fingerprint density at radius 3 is 2.22 bits per heavy atom. The summed E-state index contributed by atoms with van der Waals surface area (Å²) in [7, 11) is 0. The highest BCUT2D eigenvalue weighted by Crippen LogP contribution is 2.30. The Morgan fingerprint density at radius 2 is 1.35 bits per heavy atom. The Kier molecular flexibility index (Phi) is 3.83. The second-order valence-electron chi connectivity index (χ2n) is 5.47. The first-order valence-electron chi connectivity index (χ1n) is 7.51. The molecule has 0 amide bonds. The minimum Gasteiger partial charge on any atom is -0.256 e. The van der Waals surface area contributed by atoms with Crippen molar-refractivity contribution >= 4 is 33.5 Å². The Bertz CT molecular complexity index is 986. The summed E-state index contributed by atoms with van der Waals surface area (Å²) in [5.74, 6) is 0. The SMILES string of the molecule is Ic1cccc(-c2cccc(-c3cccc4cccnc34)c2)c1. The molecule has 0 unspecified atom stereocenters. The number of hydrogen-bond donors (Lipinski definition) is 0. The predicted molar refractivity (Wildman–Crippen MR) is 105 cm³/mol. The number of rotatable bonds is 2. The topological polar surface area (TPSA) is 12.9 Å². The van der Waals surface area contributed by atoms with E-state index in [1.807, 2.05) is 12.3 Å². The van der Waals surface area contributed by atoms with Gasteiger partial charge in [0.2, 0.25) is 0 Å². The molecule has 110 valence electrons. The van der Waals surface area contributed by atoms with Gasteiger partial charge in [-0.1, -0.05) is 54.6 Å². The lowest BCUT2D eigenvalue weighted by Crippen LogP contribution is -1.86. The van der Waals surface area contributed by atoms with E-state index in [0.717, 1.165) is 5.52 Å². The van der Waals surface area contributed by atoms with Gasteiger partial charge in [-0.25, -0.2) is 0 Å². The highest BCUT2D eigenvalue weighted by atomic mass is 127. The molecule has 1 nitrogen and oxygen atoms in total. The summed E-state index contributed by atoms with van der Waals surface area (Å²) in [6.07, 6.45) is 1.86. The Hall–Kier alpha value is -2.20. The van der Waals surface area contributed by atoms with E-state index in [1.54, 1.807) is 0 Å². The van der Waals surface area contributed by atoms with Crippen molar-refractivity contribution in [2.75, 3.05) is 0 Å². The van der Waals surface area contributed by atoms with Gasteiger partial charge in [0.15, 0.2) is 0 Å². The number of para-hydroxylation sites is 1. The first kappa shape index (κ1) is 14.4. The summed E-state index contributed by atoms with van der Waals surface area (Å²) in [6.45, 7) is 0. The smallest absolute Gasteiger partial charge is 0.0780 e. The third-order valence-electron chi connectivity index (χ3n) is 3.96. The number of benzene rings is 3. The van der Waals surface area contributed by atoms with Crippen LogP contribution in [0, 0.1) is 3.57 Å². The van der Waals surface area contributed by atoms with Crippen LogP contribution in [-0.2, 0) is 0 Å². The molecule has 0 bridgehead atoms. The first-order chi connectivity index (χ1) is 11.3. The van der Waals surface area contributed by atoms with E-state index in [-0.39, 0.29) is 0 Å².